The van der Waals surface area contributed by atoms with Crippen LogP contribution in [0, 0.1) is 0 Å². The largest absolute Gasteiger partial charge is 0.389 e. The highest BCUT2D eigenvalue weighted by Crippen LogP contribution is 1.94. The molecule has 0 bridgehead atoms. The lowest BCUT2D eigenvalue weighted by Gasteiger charge is -2.19. The molecule has 0 aliphatic rings. The second-order valence-corrected chi connectivity index (χ2v) is 6.08. The summed E-state index contributed by atoms with van der Waals surface area (Å²) in [5.41, 5.74) is 0. The van der Waals surface area contributed by atoms with Gasteiger partial charge in [0.1, 0.15) is 0 Å². The predicted molar refractivity (Wildman–Crippen MR) is 59.7 cm³/mol. The number of ether oxygens (including phenoxy) is 1. The lowest BCUT2D eigenvalue weighted by molar-refractivity contribution is 0.0444. The Labute approximate surface area is 92.0 Å². The molecule has 1 unspecified atom stereocenters. The van der Waals surface area contributed by atoms with E-state index in [1.807, 2.05) is 0 Å². The molecule has 0 saturated carbocycles. The van der Waals surface area contributed by atoms with E-state index in [1.54, 1.807) is 18.9 Å². The fraction of sp³-hybridized carbons (Fsp3) is 1.00. The number of sulfone groups is 1. The maximum absolute atomic E-state index is 11.2. The van der Waals surface area contributed by atoms with Crippen LogP contribution >= 0.6 is 0 Å². The van der Waals surface area contributed by atoms with Gasteiger partial charge in [0, 0.05) is 26.0 Å². The van der Waals surface area contributed by atoms with Crippen molar-refractivity contribution in [1.82, 2.24) is 4.90 Å². The molecule has 15 heavy (non-hydrogen) atoms. The van der Waals surface area contributed by atoms with Gasteiger partial charge in [-0.2, -0.15) is 0 Å². The molecule has 0 aromatic heterocycles. The second-order valence-electron chi connectivity index (χ2n) is 3.61. The van der Waals surface area contributed by atoms with Gasteiger partial charge in [0.15, 0.2) is 9.84 Å². The second kappa shape index (κ2) is 7.16. The van der Waals surface area contributed by atoms with E-state index in [1.165, 1.54) is 7.11 Å². The highest BCUT2D eigenvalue weighted by atomic mass is 32.2. The van der Waals surface area contributed by atoms with Gasteiger partial charge in [0.05, 0.1) is 18.5 Å². The van der Waals surface area contributed by atoms with E-state index in [9.17, 15) is 13.5 Å². The van der Waals surface area contributed by atoms with Crippen LogP contribution in [0.1, 0.15) is 6.92 Å². The Bertz CT molecular complexity index is 253. The molecule has 0 aromatic rings. The fourth-order valence-electron chi connectivity index (χ4n) is 1.14. The first-order valence-corrected chi connectivity index (χ1v) is 6.79. The normalized spacial score (nSPS) is 14.5. The van der Waals surface area contributed by atoms with E-state index in [0.717, 1.165) is 0 Å². The van der Waals surface area contributed by atoms with Crippen LogP contribution in [0.5, 0.6) is 0 Å². The molecular formula is C9H21NO4S. The number of hydrogen-bond donors (Lipinski definition) is 1. The summed E-state index contributed by atoms with van der Waals surface area (Å²) in [5.74, 6) is 0.307. The standard InChI is InChI=1S/C9H21NO4S/c1-4-15(12,13)6-5-10(2)7-9(11)8-14-3/h9,11H,4-8H2,1-3H3. The highest BCUT2D eigenvalue weighted by Gasteiger charge is 2.12. The molecule has 0 heterocycles. The van der Waals surface area contributed by atoms with Gasteiger partial charge < -0.3 is 14.7 Å². The molecule has 1 atom stereocenters. The molecule has 0 aliphatic carbocycles. The van der Waals surface area contributed by atoms with Gasteiger partial charge in [-0.05, 0) is 7.05 Å². The minimum Gasteiger partial charge on any atom is -0.389 e. The van der Waals surface area contributed by atoms with Gasteiger partial charge in [-0.1, -0.05) is 6.92 Å². The molecule has 1 N–H and O–H groups in total. The van der Waals surface area contributed by atoms with E-state index < -0.39 is 15.9 Å². The molecule has 0 rings (SSSR count). The molecule has 0 aromatic carbocycles. The summed E-state index contributed by atoms with van der Waals surface area (Å²) in [7, 11) is 0.383. The number of rotatable bonds is 8. The van der Waals surface area contributed by atoms with Crippen LogP contribution in [0.4, 0.5) is 0 Å². The smallest absolute Gasteiger partial charge is 0.151 e. The summed E-state index contributed by atoms with van der Waals surface area (Å²) in [6.07, 6.45) is -0.565. The van der Waals surface area contributed by atoms with E-state index in [-0.39, 0.29) is 18.1 Å². The van der Waals surface area contributed by atoms with Crippen molar-refractivity contribution >= 4 is 9.84 Å². The Morgan fingerprint density at radius 2 is 2.07 bits per heavy atom. The van der Waals surface area contributed by atoms with E-state index in [4.69, 9.17) is 4.74 Å². The predicted octanol–water partition coefficient (Wildman–Crippen LogP) is -0.640. The SMILES string of the molecule is CCS(=O)(=O)CCN(C)CC(O)COC. The Morgan fingerprint density at radius 1 is 1.47 bits per heavy atom. The van der Waals surface area contributed by atoms with Gasteiger partial charge in [0.2, 0.25) is 0 Å². The monoisotopic (exact) mass is 239 g/mol. The lowest BCUT2D eigenvalue weighted by atomic mass is 10.3. The summed E-state index contributed by atoms with van der Waals surface area (Å²) < 4.78 is 27.2. The van der Waals surface area contributed by atoms with Crippen molar-refractivity contribution in [2.75, 3.05) is 45.4 Å². The summed E-state index contributed by atoms with van der Waals surface area (Å²) in [6.45, 7) is 2.77. The first kappa shape index (κ1) is 14.8. The van der Waals surface area contributed by atoms with E-state index >= 15 is 0 Å². The van der Waals surface area contributed by atoms with Crippen LogP contribution in [0.2, 0.25) is 0 Å². The van der Waals surface area contributed by atoms with Crippen molar-refractivity contribution in [3.63, 3.8) is 0 Å². The zero-order valence-electron chi connectivity index (χ0n) is 9.64. The molecule has 0 saturated heterocycles. The van der Waals surface area contributed by atoms with Gasteiger partial charge in [-0.3, -0.25) is 0 Å². The van der Waals surface area contributed by atoms with Crippen molar-refractivity contribution in [3.05, 3.63) is 0 Å². The average molecular weight is 239 g/mol. The third-order valence-corrected chi connectivity index (χ3v) is 3.79. The van der Waals surface area contributed by atoms with Crippen LogP contribution in [0.15, 0.2) is 0 Å². The van der Waals surface area contributed by atoms with Crippen LogP contribution in [-0.4, -0.2) is 69.9 Å². The number of aliphatic hydroxyl groups is 1. The van der Waals surface area contributed by atoms with Gasteiger partial charge in [-0.25, -0.2) is 8.42 Å². The zero-order chi connectivity index (χ0) is 11.9. The Hall–Kier alpha value is -0.170. The molecule has 5 nitrogen and oxygen atoms in total. The summed E-state index contributed by atoms with van der Waals surface area (Å²) in [6, 6.07) is 0. The molecule has 0 fully saturated rings. The highest BCUT2D eigenvalue weighted by molar-refractivity contribution is 7.91. The van der Waals surface area contributed by atoms with Gasteiger partial charge in [0.25, 0.3) is 0 Å². The zero-order valence-corrected chi connectivity index (χ0v) is 10.5. The van der Waals surface area contributed by atoms with Crippen molar-refractivity contribution < 1.29 is 18.3 Å². The first-order valence-electron chi connectivity index (χ1n) is 4.97. The maximum Gasteiger partial charge on any atom is 0.151 e. The number of methoxy groups -OCH3 is 1. The molecule has 0 spiro atoms. The minimum atomic E-state index is -2.92. The molecular weight excluding hydrogens is 218 g/mol. The Balaban J connectivity index is 3.80. The Kier molecular flexibility index (Phi) is 7.08. The van der Waals surface area contributed by atoms with Gasteiger partial charge >= 0.3 is 0 Å². The lowest BCUT2D eigenvalue weighted by Crippen LogP contribution is -2.35. The fourth-order valence-corrected chi connectivity index (χ4v) is 2.01. The van der Waals surface area contributed by atoms with E-state index in [2.05, 4.69) is 0 Å². The number of likely N-dealkylation sites (N-methyl/N-ethyl adjacent to an activating group) is 1. The van der Waals surface area contributed by atoms with Gasteiger partial charge in [-0.15, -0.1) is 0 Å². The van der Waals surface area contributed by atoms with Crippen molar-refractivity contribution in [1.29, 1.82) is 0 Å². The van der Waals surface area contributed by atoms with Crippen LogP contribution in [0.25, 0.3) is 0 Å². The van der Waals surface area contributed by atoms with Crippen LogP contribution in [0.3, 0.4) is 0 Å². The molecule has 0 radical (unpaired) electrons. The van der Waals surface area contributed by atoms with Crippen molar-refractivity contribution in [2.45, 2.75) is 13.0 Å². The third kappa shape index (κ3) is 7.72. The number of aliphatic hydroxyl groups excluding tert-OH is 1. The first-order chi connectivity index (χ1) is 6.91. The van der Waals surface area contributed by atoms with Crippen LogP contribution in [-0.2, 0) is 14.6 Å². The molecule has 6 heteroatoms. The van der Waals surface area contributed by atoms with Crippen molar-refractivity contribution in [3.8, 4) is 0 Å². The maximum atomic E-state index is 11.2. The van der Waals surface area contributed by atoms with E-state index in [0.29, 0.717) is 13.1 Å². The van der Waals surface area contributed by atoms with Crippen LogP contribution < -0.4 is 0 Å². The van der Waals surface area contributed by atoms with Crippen molar-refractivity contribution in [2.24, 2.45) is 0 Å². The Morgan fingerprint density at radius 3 is 2.53 bits per heavy atom. The molecule has 0 amide bonds. The number of hydrogen-bond acceptors (Lipinski definition) is 5. The summed E-state index contributed by atoms with van der Waals surface area (Å²) >= 11 is 0. The summed E-state index contributed by atoms with van der Waals surface area (Å²) in [4.78, 5) is 1.79. The quantitative estimate of drug-likeness (QED) is 0.610. The number of nitrogens with zero attached hydrogens (tertiary/aromatic N) is 1. The minimum absolute atomic E-state index is 0.139. The third-order valence-electron chi connectivity index (χ3n) is 2.11. The molecule has 92 valence electrons. The average Bonchev–Trinajstić information content (AvgIpc) is 2.15. The topological polar surface area (TPSA) is 66.8 Å². The molecule has 0 aliphatic heterocycles. The summed E-state index contributed by atoms with van der Waals surface area (Å²) in [5, 5.41) is 9.39.